The minimum Gasteiger partial charge on any atom is -0.488 e. The van der Waals surface area contributed by atoms with Gasteiger partial charge in [0.1, 0.15) is 12.4 Å². The number of anilines is 2. The third kappa shape index (κ3) is 2.88. The first-order valence-electron chi connectivity index (χ1n) is 8.34. The first-order valence-corrected chi connectivity index (χ1v) is 8.34. The van der Waals surface area contributed by atoms with Crippen molar-refractivity contribution in [3.8, 4) is 17.0 Å². The van der Waals surface area contributed by atoms with E-state index >= 15 is 0 Å². The van der Waals surface area contributed by atoms with Crippen LogP contribution >= 0.6 is 0 Å². The number of aromatic nitrogens is 2. The summed E-state index contributed by atoms with van der Waals surface area (Å²) in [5.74, 6) is 1.75. The van der Waals surface area contributed by atoms with Crippen molar-refractivity contribution in [3.63, 3.8) is 0 Å². The number of nitrogens with zero attached hydrogens (tertiary/aromatic N) is 3. The molecule has 7 nitrogen and oxygen atoms in total. The topological polar surface area (TPSA) is 80.5 Å². The number of aryl methyl sites for hydroxylation is 2. The molecule has 26 heavy (non-hydrogen) atoms. The molecule has 1 aliphatic rings. The van der Waals surface area contributed by atoms with E-state index in [0.717, 1.165) is 16.9 Å². The number of benzene rings is 1. The lowest BCUT2D eigenvalue weighted by Gasteiger charge is -2.28. The van der Waals surface area contributed by atoms with Gasteiger partial charge in [-0.15, -0.1) is 0 Å². The van der Waals surface area contributed by atoms with Crippen molar-refractivity contribution in [3.05, 3.63) is 53.9 Å². The zero-order valence-electron chi connectivity index (χ0n) is 14.5. The number of para-hydroxylation sites is 1. The van der Waals surface area contributed by atoms with E-state index in [2.05, 4.69) is 15.5 Å². The number of urea groups is 1. The zero-order chi connectivity index (χ0) is 18.1. The second-order valence-electron chi connectivity index (χ2n) is 6.01. The van der Waals surface area contributed by atoms with Gasteiger partial charge in [0, 0.05) is 5.69 Å². The molecular formula is C19H18N4O3. The number of pyridine rings is 1. The van der Waals surface area contributed by atoms with Gasteiger partial charge in [0.15, 0.2) is 11.6 Å². The smallest absolute Gasteiger partial charge is 0.327 e. The molecule has 0 spiro atoms. The summed E-state index contributed by atoms with van der Waals surface area (Å²) in [5, 5.41) is 6.87. The molecule has 132 valence electrons. The van der Waals surface area contributed by atoms with E-state index in [-0.39, 0.29) is 6.03 Å². The third-order valence-electron chi connectivity index (χ3n) is 4.23. The monoisotopic (exact) mass is 350 g/mol. The third-order valence-corrected chi connectivity index (χ3v) is 4.23. The lowest BCUT2D eigenvalue weighted by Crippen LogP contribution is -2.41. The van der Waals surface area contributed by atoms with Crippen molar-refractivity contribution in [2.45, 2.75) is 13.8 Å². The Kier molecular flexibility index (Phi) is 4.04. The summed E-state index contributed by atoms with van der Waals surface area (Å²) in [6.45, 7) is 4.54. The molecule has 0 atom stereocenters. The molecule has 2 amide bonds. The molecule has 1 aromatic carbocycles. The Labute approximate surface area is 150 Å². The molecule has 3 aromatic rings. The van der Waals surface area contributed by atoms with Crippen molar-refractivity contribution >= 4 is 17.5 Å². The second kappa shape index (κ2) is 6.51. The fourth-order valence-corrected chi connectivity index (χ4v) is 2.99. The summed E-state index contributed by atoms with van der Waals surface area (Å²) in [6, 6.07) is 12.8. The van der Waals surface area contributed by atoms with E-state index in [4.69, 9.17) is 9.26 Å². The summed E-state index contributed by atoms with van der Waals surface area (Å²) < 4.78 is 10.9. The van der Waals surface area contributed by atoms with Crippen LogP contribution in [0.4, 0.5) is 16.3 Å². The van der Waals surface area contributed by atoms with Crippen LogP contribution in [0.15, 0.2) is 47.0 Å². The molecule has 7 heteroatoms. The van der Waals surface area contributed by atoms with Gasteiger partial charge in [-0.1, -0.05) is 23.4 Å². The standard InChI is InChI=1S/C19H18N4O3/c1-12-17(13(2)26-22-12)15-8-9-16-18(21-15)23(10-11-25-16)19(24)20-14-6-4-3-5-7-14/h3-9H,10-11H2,1-2H3,(H,20,24). The van der Waals surface area contributed by atoms with Crippen LogP contribution in [0.2, 0.25) is 0 Å². The minimum atomic E-state index is -0.246. The summed E-state index contributed by atoms with van der Waals surface area (Å²) in [5.41, 5.74) is 3.02. The molecule has 0 unspecified atom stereocenters. The molecule has 0 fully saturated rings. The number of rotatable bonds is 2. The highest BCUT2D eigenvalue weighted by Gasteiger charge is 2.27. The molecule has 2 aromatic heterocycles. The molecule has 0 saturated heterocycles. The Bertz CT molecular complexity index is 933. The molecule has 1 N–H and O–H groups in total. The number of carbonyl (C=O) groups is 1. The Morgan fingerprint density at radius 1 is 1.15 bits per heavy atom. The van der Waals surface area contributed by atoms with Gasteiger partial charge in [0.25, 0.3) is 0 Å². The van der Waals surface area contributed by atoms with Crippen molar-refractivity contribution in [2.24, 2.45) is 0 Å². The maximum Gasteiger partial charge on any atom is 0.327 e. The molecular weight excluding hydrogens is 332 g/mol. The van der Waals surface area contributed by atoms with Crippen LogP contribution < -0.4 is 15.0 Å². The average molecular weight is 350 g/mol. The minimum absolute atomic E-state index is 0.246. The van der Waals surface area contributed by atoms with E-state index in [1.54, 1.807) is 4.90 Å². The molecule has 0 saturated carbocycles. The van der Waals surface area contributed by atoms with Crippen LogP contribution in [0.5, 0.6) is 5.75 Å². The van der Waals surface area contributed by atoms with Gasteiger partial charge in [-0.05, 0) is 38.1 Å². The molecule has 0 radical (unpaired) electrons. The van der Waals surface area contributed by atoms with Crippen LogP contribution in [-0.4, -0.2) is 29.3 Å². The highest BCUT2D eigenvalue weighted by molar-refractivity contribution is 6.02. The Morgan fingerprint density at radius 2 is 1.96 bits per heavy atom. The second-order valence-corrected chi connectivity index (χ2v) is 6.01. The molecule has 4 rings (SSSR count). The van der Waals surface area contributed by atoms with Gasteiger partial charge in [-0.25, -0.2) is 9.78 Å². The van der Waals surface area contributed by atoms with Gasteiger partial charge < -0.3 is 14.6 Å². The number of nitrogens with one attached hydrogen (secondary N) is 1. The summed E-state index contributed by atoms with van der Waals surface area (Å²) in [4.78, 5) is 19.0. The predicted molar refractivity (Wildman–Crippen MR) is 97.5 cm³/mol. The van der Waals surface area contributed by atoms with E-state index in [1.807, 2.05) is 56.3 Å². The summed E-state index contributed by atoms with van der Waals surface area (Å²) in [6.07, 6.45) is 0. The van der Waals surface area contributed by atoms with Gasteiger partial charge in [-0.3, -0.25) is 4.90 Å². The van der Waals surface area contributed by atoms with E-state index in [0.29, 0.717) is 36.2 Å². The zero-order valence-corrected chi connectivity index (χ0v) is 14.5. The fourth-order valence-electron chi connectivity index (χ4n) is 2.99. The SMILES string of the molecule is Cc1noc(C)c1-c1ccc2c(n1)N(C(=O)Nc1ccccc1)CCO2. The number of hydrogen-bond acceptors (Lipinski definition) is 5. The van der Waals surface area contributed by atoms with Gasteiger partial charge in [0.2, 0.25) is 0 Å². The van der Waals surface area contributed by atoms with Crippen molar-refractivity contribution in [2.75, 3.05) is 23.4 Å². The van der Waals surface area contributed by atoms with Gasteiger partial charge >= 0.3 is 6.03 Å². The van der Waals surface area contributed by atoms with Crippen molar-refractivity contribution in [1.29, 1.82) is 0 Å². The average Bonchev–Trinajstić information content (AvgIpc) is 3.00. The highest BCUT2D eigenvalue weighted by atomic mass is 16.5. The van der Waals surface area contributed by atoms with Crippen LogP contribution in [0.1, 0.15) is 11.5 Å². The van der Waals surface area contributed by atoms with E-state index in [9.17, 15) is 4.79 Å². The maximum atomic E-state index is 12.8. The number of fused-ring (bicyclic) bond motifs is 1. The largest absolute Gasteiger partial charge is 0.488 e. The summed E-state index contributed by atoms with van der Waals surface area (Å²) in [7, 11) is 0. The number of hydrogen-bond donors (Lipinski definition) is 1. The van der Waals surface area contributed by atoms with Gasteiger partial charge in [-0.2, -0.15) is 0 Å². The predicted octanol–water partition coefficient (Wildman–Crippen LogP) is 3.78. The summed E-state index contributed by atoms with van der Waals surface area (Å²) >= 11 is 0. The van der Waals surface area contributed by atoms with Crippen LogP contribution in [0.3, 0.4) is 0 Å². The van der Waals surface area contributed by atoms with Crippen molar-refractivity contribution in [1.82, 2.24) is 10.1 Å². The molecule has 3 heterocycles. The molecule has 0 bridgehead atoms. The fraction of sp³-hybridized carbons (Fsp3) is 0.211. The van der Waals surface area contributed by atoms with E-state index < -0.39 is 0 Å². The van der Waals surface area contributed by atoms with Gasteiger partial charge in [0.05, 0.1) is 23.5 Å². The first kappa shape index (κ1) is 16.1. The Hall–Kier alpha value is -3.35. The number of amides is 2. The van der Waals surface area contributed by atoms with E-state index in [1.165, 1.54) is 0 Å². The van der Waals surface area contributed by atoms with Crippen LogP contribution in [-0.2, 0) is 0 Å². The normalized spacial score (nSPS) is 13.1. The van der Waals surface area contributed by atoms with Crippen LogP contribution in [0, 0.1) is 13.8 Å². The molecule has 1 aliphatic heterocycles. The maximum absolute atomic E-state index is 12.8. The highest BCUT2D eigenvalue weighted by Crippen LogP contribution is 2.34. The first-order chi connectivity index (χ1) is 12.6. The Morgan fingerprint density at radius 3 is 2.69 bits per heavy atom. The van der Waals surface area contributed by atoms with Crippen molar-refractivity contribution < 1.29 is 14.1 Å². The Balaban J connectivity index is 1.68. The number of carbonyl (C=O) groups excluding carboxylic acids is 1. The lowest BCUT2D eigenvalue weighted by molar-refractivity contribution is 0.249. The number of ether oxygens (including phenoxy) is 1. The molecule has 0 aliphatic carbocycles. The lowest BCUT2D eigenvalue weighted by atomic mass is 10.1. The van der Waals surface area contributed by atoms with Crippen LogP contribution in [0.25, 0.3) is 11.3 Å². The quantitative estimate of drug-likeness (QED) is 0.761.